The molecule has 6 heterocycles. The Hall–Kier alpha value is -4.66. The molecule has 1 aliphatic carbocycles. The Morgan fingerprint density at radius 2 is 1.93 bits per heavy atom. The van der Waals surface area contributed by atoms with Gasteiger partial charge in [0.1, 0.15) is 23.2 Å². The maximum Gasteiger partial charge on any atom is 0.401 e. The van der Waals surface area contributed by atoms with Crippen molar-refractivity contribution in [2.24, 2.45) is 0 Å². The molecular weight excluding hydrogens is 541 g/mol. The Morgan fingerprint density at radius 3 is 2.68 bits per heavy atom. The Labute approximate surface area is 230 Å². The van der Waals surface area contributed by atoms with Crippen molar-refractivity contribution in [2.75, 3.05) is 29.5 Å². The molecule has 1 aliphatic heterocycles. The van der Waals surface area contributed by atoms with Crippen LogP contribution in [0.25, 0.3) is 27.9 Å². The number of carbonyl (C=O) groups excluding carboxylic acids is 1. The van der Waals surface area contributed by atoms with Crippen LogP contribution in [0.15, 0.2) is 47.6 Å². The molecule has 0 unspecified atom stereocenters. The molecule has 2 aliphatic rings. The number of pyridine rings is 1. The summed E-state index contributed by atoms with van der Waals surface area (Å²) in [5.74, 6) is -0.0737. The van der Waals surface area contributed by atoms with E-state index in [1.165, 1.54) is 6.33 Å². The Kier molecular flexibility index (Phi) is 5.67. The smallest absolute Gasteiger partial charge is 0.383 e. The number of halogens is 3. The highest BCUT2D eigenvalue weighted by molar-refractivity contribution is 6.03. The minimum Gasteiger partial charge on any atom is -0.383 e. The zero-order valence-corrected chi connectivity index (χ0v) is 21.6. The highest BCUT2D eigenvalue weighted by Crippen LogP contribution is 2.59. The molecular formula is C26H25F3N10O2. The fraction of sp³-hybridized carbons (Fsp3) is 0.346. The quantitative estimate of drug-likeness (QED) is 0.243. The SMILES string of the molecule is Nc1ncnc2c1c(-c1ccc(NC(=O)Nc3cc(C4(C(F)(F)F)CC4)on3)c3nccn13)cn2C1CCNCC1. The fourth-order valence-electron chi connectivity index (χ4n) is 5.62. The Balaban J connectivity index is 1.18. The van der Waals surface area contributed by atoms with Crippen LogP contribution < -0.4 is 21.7 Å². The minimum atomic E-state index is -4.45. The number of imidazole rings is 1. The number of alkyl halides is 3. The molecule has 0 aromatic carbocycles. The van der Waals surface area contributed by atoms with Crippen molar-refractivity contribution in [3.63, 3.8) is 0 Å². The summed E-state index contributed by atoms with van der Waals surface area (Å²) in [5.41, 5.74) is 7.48. The van der Waals surface area contributed by atoms with Gasteiger partial charge in [0.2, 0.25) is 0 Å². The van der Waals surface area contributed by atoms with E-state index in [2.05, 4.69) is 40.6 Å². The molecule has 15 heteroatoms. The molecule has 12 nitrogen and oxygen atoms in total. The molecule has 41 heavy (non-hydrogen) atoms. The molecule has 212 valence electrons. The fourth-order valence-corrected chi connectivity index (χ4v) is 5.62. The number of hydrogen-bond donors (Lipinski definition) is 4. The Morgan fingerprint density at radius 1 is 1.12 bits per heavy atom. The minimum absolute atomic E-state index is 0.0736. The summed E-state index contributed by atoms with van der Waals surface area (Å²) in [6, 6.07) is 4.18. The maximum absolute atomic E-state index is 13.4. The first kappa shape index (κ1) is 25.3. The van der Waals surface area contributed by atoms with Crippen LogP contribution in [0.4, 0.5) is 35.3 Å². The molecule has 7 rings (SSSR count). The summed E-state index contributed by atoms with van der Waals surface area (Å²) in [5, 5.41) is 12.8. The topological polar surface area (TPSA) is 153 Å². The number of anilines is 3. The zero-order valence-electron chi connectivity index (χ0n) is 21.6. The van der Waals surface area contributed by atoms with Gasteiger partial charge in [-0.1, -0.05) is 5.16 Å². The first-order valence-corrected chi connectivity index (χ1v) is 13.2. The van der Waals surface area contributed by atoms with E-state index in [0.717, 1.165) is 54.3 Å². The number of rotatable bonds is 5. The summed E-state index contributed by atoms with van der Waals surface area (Å²) in [6.45, 7) is 1.82. The van der Waals surface area contributed by atoms with Gasteiger partial charge in [-0.25, -0.2) is 19.7 Å². The van der Waals surface area contributed by atoms with E-state index in [1.54, 1.807) is 18.5 Å². The lowest BCUT2D eigenvalue weighted by atomic mass is 10.0. The van der Waals surface area contributed by atoms with Gasteiger partial charge in [0.25, 0.3) is 0 Å². The molecule has 1 saturated heterocycles. The van der Waals surface area contributed by atoms with E-state index < -0.39 is 17.6 Å². The molecule has 0 spiro atoms. The van der Waals surface area contributed by atoms with Gasteiger partial charge < -0.3 is 25.5 Å². The molecule has 2 amide bonds. The third-order valence-corrected chi connectivity index (χ3v) is 7.93. The Bertz CT molecular complexity index is 1780. The third-order valence-electron chi connectivity index (χ3n) is 7.93. The van der Waals surface area contributed by atoms with E-state index in [-0.39, 0.29) is 30.5 Å². The molecule has 0 bridgehead atoms. The van der Waals surface area contributed by atoms with Gasteiger partial charge in [0, 0.05) is 36.3 Å². The van der Waals surface area contributed by atoms with E-state index in [1.807, 2.05) is 16.7 Å². The molecule has 0 radical (unpaired) electrons. The second-order valence-corrected chi connectivity index (χ2v) is 10.4. The number of fused-ring (bicyclic) bond motifs is 2. The number of nitrogen functional groups attached to an aromatic ring is 1. The molecule has 1 saturated carbocycles. The van der Waals surface area contributed by atoms with Crippen LogP contribution >= 0.6 is 0 Å². The van der Waals surface area contributed by atoms with Gasteiger partial charge in [0.15, 0.2) is 17.2 Å². The second-order valence-electron chi connectivity index (χ2n) is 10.4. The van der Waals surface area contributed by atoms with Crippen molar-refractivity contribution in [3.05, 3.63) is 48.9 Å². The number of piperidine rings is 1. The number of aromatic nitrogens is 6. The molecule has 5 aromatic rings. The summed E-state index contributed by atoms with van der Waals surface area (Å²) >= 11 is 0. The predicted octanol–water partition coefficient (Wildman–Crippen LogP) is 4.48. The van der Waals surface area contributed by atoms with E-state index in [0.29, 0.717) is 17.2 Å². The number of nitrogens with two attached hydrogens (primary N) is 1. The molecule has 5 aromatic heterocycles. The van der Waals surface area contributed by atoms with Gasteiger partial charge in [-0.15, -0.1) is 0 Å². The number of amides is 2. The van der Waals surface area contributed by atoms with Crippen LogP contribution in [-0.4, -0.2) is 54.4 Å². The van der Waals surface area contributed by atoms with Crippen molar-refractivity contribution >= 4 is 40.0 Å². The normalized spacial score (nSPS) is 17.2. The van der Waals surface area contributed by atoms with Gasteiger partial charge in [-0.05, 0) is 50.9 Å². The lowest BCUT2D eigenvalue weighted by Crippen LogP contribution is -2.29. The first-order valence-electron chi connectivity index (χ1n) is 13.2. The standard InChI is InChI=1S/C26H25F3N10O2/c27-26(28,29)25(5-6-25)18-11-19(37-41-18)36-24(40)35-16-1-2-17(38-10-9-32-22(16)38)15-12-39(14-3-7-31-8-4-14)23-20(15)21(30)33-13-34-23/h1-2,9-14,31H,3-8H2,(H2,30,33,34)(H2,35,36,37,40). The number of carbonyl (C=O) groups is 1. The van der Waals surface area contributed by atoms with Crippen LogP contribution in [0.2, 0.25) is 0 Å². The third kappa shape index (κ3) is 4.15. The highest BCUT2D eigenvalue weighted by Gasteiger charge is 2.66. The van der Waals surface area contributed by atoms with Crippen molar-refractivity contribution in [2.45, 2.75) is 43.3 Å². The zero-order chi connectivity index (χ0) is 28.4. The van der Waals surface area contributed by atoms with Gasteiger partial charge in [-0.2, -0.15) is 13.2 Å². The molecule has 5 N–H and O–H groups in total. The lowest BCUT2D eigenvalue weighted by molar-refractivity contribution is -0.165. The molecule has 2 fully saturated rings. The average molecular weight is 567 g/mol. The lowest BCUT2D eigenvalue weighted by Gasteiger charge is -2.24. The van der Waals surface area contributed by atoms with E-state index in [4.69, 9.17) is 10.3 Å². The monoisotopic (exact) mass is 566 g/mol. The maximum atomic E-state index is 13.4. The van der Waals surface area contributed by atoms with E-state index >= 15 is 0 Å². The predicted molar refractivity (Wildman–Crippen MR) is 143 cm³/mol. The van der Waals surface area contributed by atoms with Crippen molar-refractivity contribution < 1.29 is 22.5 Å². The van der Waals surface area contributed by atoms with Crippen LogP contribution in [0.5, 0.6) is 0 Å². The number of hydrogen-bond acceptors (Lipinski definition) is 8. The second kappa shape index (κ2) is 9.19. The van der Waals surface area contributed by atoms with Gasteiger partial charge in [0.05, 0.1) is 16.8 Å². The first-order chi connectivity index (χ1) is 19.7. The number of urea groups is 1. The summed E-state index contributed by atoms with van der Waals surface area (Å²) in [6.07, 6.45) is 4.18. The van der Waals surface area contributed by atoms with Gasteiger partial charge in [-0.3, -0.25) is 9.72 Å². The van der Waals surface area contributed by atoms with E-state index in [9.17, 15) is 18.0 Å². The van der Waals surface area contributed by atoms with Crippen LogP contribution in [0, 0.1) is 0 Å². The van der Waals surface area contributed by atoms with Crippen LogP contribution in [-0.2, 0) is 5.41 Å². The molecule has 0 atom stereocenters. The number of nitrogens with zero attached hydrogens (tertiary/aromatic N) is 6. The van der Waals surface area contributed by atoms with Crippen molar-refractivity contribution in [1.29, 1.82) is 0 Å². The van der Waals surface area contributed by atoms with Gasteiger partial charge >= 0.3 is 12.2 Å². The van der Waals surface area contributed by atoms with Crippen molar-refractivity contribution in [1.82, 2.24) is 34.4 Å². The number of nitrogens with one attached hydrogen (secondary N) is 3. The summed E-state index contributed by atoms with van der Waals surface area (Å²) in [4.78, 5) is 26.0. The van der Waals surface area contributed by atoms with Crippen LogP contribution in [0.1, 0.15) is 37.5 Å². The van der Waals surface area contributed by atoms with Crippen LogP contribution in [0.3, 0.4) is 0 Å². The van der Waals surface area contributed by atoms with Crippen molar-refractivity contribution in [3.8, 4) is 11.3 Å². The largest absolute Gasteiger partial charge is 0.401 e. The summed E-state index contributed by atoms with van der Waals surface area (Å²) < 4.78 is 49.1. The highest BCUT2D eigenvalue weighted by atomic mass is 19.4. The average Bonchev–Trinajstić information content (AvgIpc) is 3.26. The summed E-state index contributed by atoms with van der Waals surface area (Å²) in [7, 11) is 0.